The predicted octanol–water partition coefficient (Wildman–Crippen LogP) is 5.91. The Kier molecular flexibility index (Phi) is 10.9. The third kappa shape index (κ3) is 7.66. The first kappa shape index (κ1) is 31.6. The Morgan fingerprint density at radius 2 is 1.72 bits per heavy atom. The summed E-state index contributed by atoms with van der Waals surface area (Å²) in [6, 6.07) is 9.80. The van der Waals surface area contributed by atoms with E-state index in [9.17, 15) is 9.59 Å². The minimum Gasteiger partial charge on any atom is -0.331 e. The average molecular weight is 588 g/mol. The van der Waals surface area contributed by atoms with E-state index in [4.69, 9.17) is 0 Å². The quantitative estimate of drug-likeness (QED) is 0.207. The van der Waals surface area contributed by atoms with Gasteiger partial charge in [-0.2, -0.15) is 0 Å². The maximum atomic E-state index is 13.9. The summed E-state index contributed by atoms with van der Waals surface area (Å²) in [5.41, 5.74) is 4.39. The predicted molar refractivity (Wildman–Crippen MR) is 174 cm³/mol. The normalized spacial score (nSPS) is 22.8. The van der Waals surface area contributed by atoms with Crippen LogP contribution in [0.25, 0.3) is 0 Å². The minimum atomic E-state index is -0.314. The summed E-state index contributed by atoms with van der Waals surface area (Å²) in [5.74, 6) is 1.07. The summed E-state index contributed by atoms with van der Waals surface area (Å²) in [5, 5.41) is 0. The SMILES string of the molecule is CC1=C[C@H]2Cc3[nH]c(=O)ccc3[C@@]3(C1)[C@@H]2CCCN3C(=O)CN(C)CCCCCCCCCCN(C)Cc1ccccn1. The van der Waals surface area contributed by atoms with Crippen LogP contribution < -0.4 is 5.56 Å². The Balaban J connectivity index is 1.01. The molecule has 3 heterocycles. The Bertz CT molecular complexity index is 1290. The number of aromatic nitrogens is 2. The van der Waals surface area contributed by atoms with E-state index in [1.54, 1.807) is 6.07 Å². The number of unbranched alkanes of at least 4 members (excludes halogenated alkanes) is 7. The Hall–Kier alpha value is -2.77. The molecule has 1 amide bonds. The summed E-state index contributed by atoms with van der Waals surface area (Å²) in [6.45, 7) is 6.51. The molecular weight excluding hydrogens is 534 g/mol. The van der Waals surface area contributed by atoms with Crippen molar-refractivity contribution >= 4 is 5.91 Å². The molecule has 0 saturated carbocycles. The molecule has 7 heteroatoms. The molecule has 3 aliphatic rings. The third-order valence-electron chi connectivity index (χ3n) is 10.2. The van der Waals surface area contributed by atoms with Crippen molar-refractivity contribution in [3.05, 3.63) is 75.5 Å². The molecular formula is C36H53N5O2. The molecule has 1 saturated heterocycles. The van der Waals surface area contributed by atoms with Crippen LogP contribution in [-0.2, 0) is 23.3 Å². The van der Waals surface area contributed by atoms with Crippen molar-refractivity contribution in [2.75, 3.05) is 40.3 Å². The van der Waals surface area contributed by atoms with E-state index in [0.717, 1.165) is 69.7 Å². The van der Waals surface area contributed by atoms with E-state index in [-0.39, 0.29) is 17.0 Å². The van der Waals surface area contributed by atoms with Gasteiger partial charge in [0.1, 0.15) is 0 Å². The molecule has 2 aromatic heterocycles. The van der Waals surface area contributed by atoms with E-state index in [2.05, 4.69) is 63.9 Å². The van der Waals surface area contributed by atoms with Crippen LogP contribution in [0.5, 0.6) is 0 Å². The van der Waals surface area contributed by atoms with Gasteiger partial charge in [0.15, 0.2) is 0 Å². The van der Waals surface area contributed by atoms with Gasteiger partial charge in [0.2, 0.25) is 11.5 Å². The van der Waals surface area contributed by atoms with Crippen LogP contribution in [0.15, 0.2) is 53.0 Å². The maximum absolute atomic E-state index is 13.9. The number of rotatable bonds is 15. The number of fused-ring (bicyclic) bond motifs is 1. The Morgan fingerprint density at radius 3 is 2.44 bits per heavy atom. The van der Waals surface area contributed by atoms with Gasteiger partial charge in [-0.25, -0.2) is 0 Å². The maximum Gasteiger partial charge on any atom is 0.248 e. The number of hydrogen-bond acceptors (Lipinski definition) is 5. The highest BCUT2D eigenvalue weighted by Crippen LogP contribution is 2.56. The molecule has 0 radical (unpaired) electrons. The molecule has 0 aromatic carbocycles. The number of piperidine rings is 1. The van der Waals surface area contributed by atoms with E-state index in [1.165, 1.54) is 56.1 Å². The van der Waals surface area contributed by atoms with E-state index in [0.29, 0.717) is 18.4 Å². The summed E-state index contributed by atoms with van der Waals surface area (Å²) >= 11 is 0. The van der Waals surface area contributed by atoms with Crippen LogP contribution in [0.1, 0.15) is 94.5 Å². The lowest BCUT2D eigenvalue weighted by atomic mass is 9.56. The number of likely N-dealkylation sites (N-methyl/N-ethyl adjacent to an activating group) is 1. The second kappa shape index (κ2) is 14.8. The largest absolute Gasteiger partial charge is 0.331 e. The van der Waals surface area contributed by atoms with Gasteiger partial charge in [-0.3, -0.25) is 19.5 Å². The molecule has 7 nitrogen and oxygen atoms in total. The van der Waals surface area contributed by atoms with Gasteiger partial charge in [0.25, 0.3) is 0 Å². The van der Waals surface area contributed by atoms with E-state index in [1.807, 2.05) is 18.3 Å². The fourth-order valence-electron chi connectivity index (χ4n) is 8.24. The highest BCUT2D eigenvalue weighted by Gasteiger charge is 2.56. The summed E-state index contributed by atoms with van der Waals surface area (Å²) < 4.78 is 0. The van der Waals surface area contributed by atoms with Crippen molar-refractivity contribution in [2.45, 2.75) is 96.1 Å². The van der Waals surface area contributed by atoms with Gasteiger partial charge in [-0.1, -0.05) is 56.2 Å². The Labute approximate surface area is 258 Å². The summed E-state index contributed by atoms with van der Waals surface area (Å²) in [7, 11) is 4.28. The van der Waals surface area contributed by atoms with Crippen molar-refractivity contribution < 1.29 is 4.79 Å². The molecule has 2 aromatic rings. The van der Waals surface area contributed by atoms with Crippen molar-refractivity contribution in [1.29, 1.82) is 0 Å². The number of carbonyl (C=O) groups excluding carboxylic acids is 1. The van der Waals surface area contributed by atoms with Crippen LogP contribution >= 0.6 is 0 Å². The first-order valence-corrected chi connectivity index (χ1v) is 16.8. The summed E-state index contributed by atoms with van der Waals surface area (Å²) in [4.78, 5) is 40.5. The van der Waals surface area contributed by atoms with Crippen molar-refractivity contribution in [2.24, 2.45) is 11.8 Å². The molecule has 5 rings (SSSR count). The van der Waals surface area contributed by atoms with Crippen molar-refractivity contribution in [3.8, 4) is 0 Å². The van der Waals surface area contributed by atoms with Crippen molar-refractivity contribution in [1.82, 2.24) is 24.7 Å². The molecule has 1 fully saturated rings. The van der Waals surface area contributed by atoms with Crippen LogP contribution in [-0.4, -0.2) is 70.8 Å². The second-order valence-electron chi connectivity index (χ2n) is 13.6. The minimum absolute atomic E-state index is 0.0406. The lowest BCUT2D eigenvalue weighted by Gasteiger charge is -2.59. The van der Waals surface area contributed by atoms with E-state index >= 15 is 0 Å². The van der Waals surface area contributed by atoms with Gasteiger partial charge in [-0.15, -0.1) is 0 Å². The fourth-order valence-corrected chi connectivity index (χ4v) is 8.24. The number of likely N-dealkylation sites (tertiary alicyclic amines) is 1. The molecule has 43 heavy (non-hydrogen) atoms. The zero-order valence-electron chi connectivity index (χ0n) is 26.8. The lowest BCUT2D eigenvalue weighted by Crippen LogP contribution is -2.63. The first-order valence-electron chi connectivity index (χ1n) is 16.8. The number of carbonyl (C=O) groups is 1. The smallest absolute Gasteiger partial charge is 0.248 e. The van der Waals surface area contributed by atoms with Gasteiger partial charge < -0.3 is 14.8 Å². The molecule has 0 unspecified atom stereocenters. The second-order valence-corrected chi connectivity index (χ2v) is 13.6. The molecule has 1 N–H and O–H groups in total. The van der Waals surface area contributed by atoms with Crippen LogP contribution in [0.4, 0.5) is 0 Å². The number of amides is 1. The molecule has 0 spiro atoms. The zero-order chi connectivity index (χ0) is 30.2. The number of aromatic amines is 1. The van der Waals surface area contributed by atoms with Gasteiger partial charge >= 0.3 is 0 Å². The monoisotopic (exact) mass is 587 g/mol. The Morgan fingerprint density at radius 1 is 1.00 bits per heavy atom. The van der Waals surface area contributed by atoms with Crippen LogP contribution in [0.3, 0.4) is 0 Å². The molecule has 234 valence electrons. The van der Waals surface area contributed by atoms with Crippen molar-refractivity contribution in [3.63, 3.8) is 0 Å². The number of pyridine rings is 2. The average Bonchev–Trinajstić information content (AvgIpc) is 2.97. The number of nitrogens with one attached hydrogen (secondary N) is 1. The fraction of sp³-hybridized carbons (Fsp3) is 0.639. The molecule has 1 aliphatic heterocycles. The zero-order valence-corrected chi connectivity index (χ0v) is 26.8. The standard InChI is InChI=1S/C36H53N5O2/c1-28-23-29-24-33-32(17-18-34(42)38-33)36(25-28)31(29)16-14-22-41(36)35(43)27-40(3)21-13-9-7-5-4-6-8-12-20-39(2)26-30-15-10-11-19-37-30/h10-11,15,17-19,23,29,31H,4-9,12-14,16,20-22,24-27H2,1-3H3,(H,38,42)/t29-,31+,36+/m0/s1. The third-order valence-corrected chi connectivity index (χ3v) is 10.2. The number of allylic oxidation sites excluding steroid dienone is 1. The molecule has 3 atom stereocenters. The summed E-state index contributed by atoms with van der Waals surface area (Å²) in [6.07, 6.45) is 18.4. The topological polar surface area (TPSA) is 72.5 Å². The number of H-pyrrole nitrogens is 1. The van der Waals surface area contributed by atoms with Gasteiger partial charge in [0, 0.05) is 31.0 Å². The number of hydrogen-bond donors (Lipinski definition) is 1. The molecule has 2 bridgehead atoms. The van der Waals surface area contributed by atoms with Gasteiger partial charge in [-0.05, 0) is 108 Å². The first-order chi connectivity index (χ1) is 20.9. The number of nitrogens with zero attached hydrogens (tertiary/aromatic N) is 4. The lowest BCUT2D eigenvalue weighted by molar-refractivity contribution is -0.149. The highest BCUT2D eigenvalue weighted by atomic mass is 16.2. The van der Waals surface area contributed by atoms with Gasteiger partial charge in [0.05, 0.1) is 17.8 Å². The van der Waals surface area contributed by atoms with Crippen LogP contribution in [0, 0.1) is 11.8 Å². The molecule has 2 aliphatic carbocycles. The van der Waals surface area contributed by atoms with E-state index < -0.39 is 0 Å². The van der Waals surface area contributed by atoms with Crippen LogP contribution in [0.2, 0.25) is 0 Å². The highest BCUT2D eigenvalue weighted by molar-refractivity contribution is 5.80.